The molecule has 0 aliphatic heterocycles. The van der Waals surface area contributed by atoms with Gasteiger partial charge in [-0.1, -0.05) is 0 Å². The summed E-state index contributed by atoms with van der Waals surface area (Å²) in [6, 6.07) is 0.158. The van der Waals surface area contributed by atoms with E-state index in [-0.39, 0.29) is 18.1 Å². The fourth-order valence-electron chi connectivity index (χ4n) is 1.87. The molecular formula is C12H21NO3. The van der Waals surface area contributed by atoms with Crippen molar-refractivity contribution in [1.29, 1.82) is 0 Å². The van der Waals surface area contributed by atoms with Crippen LogP contribution in [0, 0.1) is 5.92 Å². The molecule has 0 aromatic rings. The van der Waals surface area contributed by atoms with Crippen molar-refractivity contribution >= 4 is 12.4 Å². The van der Waals surface area contributed by atoms with Crippen molar-refractivity contribution in [2.75, 3.05) is 0 Å². The number of amides is 1. The first-order valence-electron chi connectivity index (χ1n) is 5.85. The topological polar surface area (TPSA) is 55.4 Å². The average molecular weight is 227 g/mol. The van der Waals surface area contributed by atoms with E-state index in [4.69, 9.17) is 4.74 Å². The van der Waals surface area contributed by atoms with Gasteiger partial charge in [0.2, 0.25) is 0 Å². The van der Waals surface area contributed by atoms with Crippen LogP contribution in [0.2, 0.25) is 0 Å². The fourth-order valence-corrected chi connectivity index (χ4v) is 1.87. The van der Waals surface area contributed by atoms with Crippen LogP contribution in [-0.4, -0.2) is 24.0 Å². The number of ether oxygens (including phenoxy) is 1. The first-order valence-corrected chi connectivity index (χ1v) is 5.85. The second kappa shape index (κ2) is 5.32. The maximum absolute atomic E-state index is 11.5. The molecule has 1 rings (SSSR count). The Kier molecular flexibility index (Phi) is 4.33. The number of hydrogen-bond acceptors (Lipinski definition) is 3. The van der Waals surface area contributed by atoms with Crippen molar-refractivity contribution < 1.29 is 14.3 Å². The normalized spacial score (nSPS) is 25.9. The SMILES string of the molecule is CC(C)(C)OC(=O)N[C@H]1CC[C@@H](C=O)CC1. The average Bonchev–Trinajstić information content (AvgIpc) is 2.16. The van der Waals surface area contributed by atoms with Crippen molar-refractivity contribution in [1.82, 2.24) is 5.32 Å². The molecular weight excluding hydrogens is 206 g/mol. The van der Waals surface area contributed by atoms with Crippen molar-refractivity contribution in [2.45, 2.75) is 58.1 Å². The summed E-state index contributed by atoms with van der Waals surface area (Å²) in [5.74, 6) is 0.177. The largest absolute Gasteiger partial charge is 0.444 e. The molecule has 0 radical (unpaired) electrons. The van der Waals surface area contributed by atoms with Gasteiger partial charge in [0.05, 0.1) is 0 Å². The molecule has 0 unspecified atom stereocenters. The quantitative estimate of drug-likeness (QED) is 0.736. The van der Waals surface area contributed by atoms with E-state index in [2.05, 4.69) is 5.32 Å². The Morgan fingerprint density at radius 3 is 2.25 bits per heavy atom. The zero-order valence-corrected chi connectivity index (χ0v) is 10.3. The van der Waals surface area contributed by atoms with Crippen LogP contribution in [0.4, 0.5) is 4.79 Å². The summed E-state index contributed by atoms with van der Waals surface area (Å²) in [4.78, 5) is 22.0. The molecule has 0 heterocycles. The molecule has 0 aromatic carbocycles. The molecule has 1 N–H and O–H groups in total. The van der Waals surface area contributed by atoms with Crippen LogP contribution < -0.4 is 5.32 Å². The third-order valence-electron chi connectivity index (χ3n) is 2.69. The minimum absolute atomic E-state index is 0.158. The summed E-state index contributed by atoms with van der Waals surface area (Å²) < 4.78 is 5.17. The third kappa shape index (κ3) is 4.64. The van der Waals surface area contributed by atoms with Gasteiger partial charge in [0.15, 0.2) is 0 Å². The molecule has 16 heavy (non-hydrogen) atoms. The van der Waals surface area contributed by atoms with Crippen molar-refractivity contribution in [3.63, 3.8) is 0 Å². The van der Waals surface area contributed by atoms with Gasteiger partial charge in [-0.05, 0) is 46.5 Å². The van der Waals surface area contributed by atoms with E-state index < -0.39 is 5.60 Å². The van der Waals surface area contributed by atoms with E-state index in [0.29, 0.717) is 0 Å². The molecule has 4 nitrogen and oxygen atoms in total. The lowest BCUT2D eigenvalue weighted by molar-refractivity contribution is -0.111. The zero-order chi connectivity index (χ0) is 12.2. The van der Waals surface area contributed by atoms with E-state index in [9.17, 15) is 9.59 Å². The van der Waals surface area contributed by atoms with Crippen LogP contribution in [0.15, 0.2) is 0 Å². The van der Waals surface area contributed by atoms with Gasteiger partial charge in [0.25, 0.3) is 0 Å². The maximum Gasteiger partial charge on any atom is 0.407 e. The molecule has 1 saturated carbocycles. The third-order valence-corrected chi connectivity index (χ3v) is 2.69. The second-order valence-electron chi connectivity index (χ2n) is 5.39. The second-order valence-corrected chi connectivity index (χ2v) is 5.39. The number of carbonyl (C=O) groups is 2. The van der Waals surface area contributed by atoms with Crippen molar-refractivity contribution in [3.05, 3.63) is 0 Å². The highest BCUT2D eigenvalue weighted by atomic mass is 16.6. The number of rotatable bonds is 2. The Balaban J connectivity index is 2.28. The van der Waals surface area contributed by atoms with Crippen LogP contribution in [0.5, 0.6) is 0 Å². The number of alkyl carbamates (subject to hydrolysis) is 1. The lowest BCUT2D eigenvalue weighted by atomic mass is 9.87. The van der Waals surface area contributed by atoms with Gasteiger partial charge in [-0.2, -0.15) is 0 Å². The summed E-state index contributed by atoms with van der Waals surface area (Å²) in [6.07, 6.45) is 4.12. The monoisotopic (exact) mass is 227 g/mol. The van der Waals surface area contributed by atoms with Crippen LogP contribution in [-0.2, 0) is 9.53 Å². The molecule has 4 heteroatoms. The number of nitrogens with one attached hydrogen (secondary N) is 1. The van der Waals surface area contributed by atoms with Gasteiger partial charge in [-0.25, -0.2) is 4.79 Å². The van der Waals surface area contributed by atoms with Crippen LogP contribution >= 0.6 is 0 Å². The molecule has 1 aliphatic rings. The van der Waals surface area contributed by atoms with Gasteiger partial charge in [0, 0.05) is 12.0 Å². The molecule has 0 saturated heterocycles. The van der Waals surface area contributed by atoms with Gasteiger partial charge in [0.1, 0.15) is 11.9 Å². The molecule has 0 bridgehead atoms. The summed E-state index contributed by atoms with van der Waals surface area (Å²) in [5, 5.41) is 2.84. The number of carbonyl (C=O) groups excluding carboxylic acids is 2. The molecule has 92 valence electrons. The van der Waals surface area contributed by atoms with Crippen LogP contribution in [0.3, 0.4) is 0 Å². The smallest absolute Gasteiger partial charge is 0.407 e. The molecule has 0 atom stereocenters. The maximum atomic E-state index is 11.5. The summed E-state index contributed by atoms with van der Waals surface area (Å²) in [5.41, 5.74) is -0.454. The van der Waals surface area contributed by atoms with E-state index >= 15 is 0 Å². The van der Waals surface area contributed by atoms with E-state index in [1.54, 1.807) is 0 Å². The van der Waals surface area contributed by atoms with E-state index in [1.807, 2.05) is 20.8 Å². The van der Waals surface area contributed by atoms with E-state index in [1.165, 1.54) is 0 Å². The number of hydrogen-bond donors (Lipinski definition) is 1. The molecule has 1 aliphatic carbocycles. The Bertz CT molecular complexity index is 249. The van der Waals surface area contributed by atoms with Gasteiger partial charge in [-0.3, -0.25) is 0 Å². The predicted octanol–water partition coefficient (Wildman–Crippen LogP) is 2.27. The van der Waals surface area contributed by atoms with Crippen LogP contribution in [0.1, 0.15) is 46.5 Å². The fraction of sp³-hybridized carbons (Fsp3) is 0.833. The molecule has 0 spiro atoms. The zero-order valence-electron chi connectivity index (χ0n) is 10.3. The van der Waals surface area contributed by atoms with Gasteiger partial charge < -0.3 is 14.8 Å². The highest BCUT2D eigenvalue weighted by Gasteiger charge is 2.24. The Hall–Kier alpha value is -1.06. The van der Waals surface area contributed by atoms with E-state index in [0.717, 1.165) is 32.0 Å². The minimum atomic E-state index is -0.454. The van der Waals surface area contributed by atoms with Crippen molar-refractivity contribution in [2.24, 2.45) is 5.92 Å². The summed E-state index contributed by atoms with van der Waals surface area (Å²) in [7, 11) is 0. The van der Waals surface area contributed by atoms with Gasteiger partial charge in [-0.15, -0.1) is 0 Å². The summed E-state index contributed by atoms with van der Waals surface area (Å²) >= 11 is 0. The highest BCUT2D eigenvalue weighted by Crippen LogP contribution is 2.22. The van der Waals surface area contributed by atoms with Crippen LogP contribution in [0.25, 0.3) is 0 Å². The standard InChI is InChI=1S/C12H21NO3/c1-12(2,3)16-11(15)13-10-6-4-9(8-14)5-7-10/h8-10H,4-7H2,1-3H3,(H,13,15)/t9-,10+. The Morgan fingerprint density at radius 1 is 1.25 bits per heavy atom. The Morgan fingerprint density at radius 2 is 1.81 bits per heavy atom. The molecule has 1 amide bonds. The first-order chi connectivity index (χ1) is 7.40. The predicted molar refractivity (Wildman–Crippen MR) is 61.2 cm³/mol. The Labute approximate surface area is 96.7 Å². The lowest BCUT2D eigenvalue weighted by Gasteiger charge is -2.27. The van der Waals surface area contributed by atoms with Crippen molar-refractivity contribution in [3.8, 4) is 0 Å². The summed E-state index contributed by atoms with van der Waals surface area (Å²) in [6.45, 7) is 5.53. The lowest BCUT2D eigenvalue weighted by Crippen LogP contribution is -2.41. The molecule has 1 fully saturated rings. The minimum Gasteiger partial charge on any atom is -0.444 e. The highest BCUT2D eigenvalue weighted by molar-refractivity contribution is 5.68. The molecule has 0 aromatic heterocycles. The number of aldehydes is 1. The van der Waals surface area contributed by atoms with Gasteiger partial charge >= 0.3 is 6.09 Å². The first kappa shape index (κ1) is 13.0.